The largest absolute Gasteiger partial charge is 0.473 e. The zero-order valence-corrected chi connectivity index (χ0v) is 16.7. The van der Waals surface area contributed by atoms with Gasteiger partial charge in [-0.15, -0.1) is 0 Å². The van der Waals surface area contributed by atoms with E-state index in [0.29, 0.717) is 12.2 Å². The van der Waals surface area contributed by atoms with E-state index in [4.69, 9.17) is 24.5 Å². The van der Waals surface area contributed by atoms with Crippen molar-refractivity contribution in [3.63, 3.8) is 0 Å². The van der Waals surface area contributed by atoms with Gasteiger partial charge in [0, 0.05) is 16.3 Å². The molecule has 150 valence electrons. The molecule has 0 radical (unpaired) electrons. The molecule has 8 heteroatoms. The van der Waals surface area contributed by atoms with Crippen LogP contribution in [-0.4, -0.2) is 53.7 Å². The molecule has 2 aromatic rings. The summed E-state index contributed by atoms with van der Waals surface area (Å²) in [6.07, 6.45) is 0. The molecule has 0 heterocycles. The van der Waals surface area contributed by atoms with Gasteiger partial charge in [0.2, 0.25) is 0 Å². The second-order valence-corrected chi connectivity index (χ2v) is 6.86. The molecule has 2 N–H and O–H groups in total. The Balaban J connectivity index is 0.000000568. The first-order chi connectivity index (χ1) is 13.3. The second kappa shape index (κ2) is 11.8. The van der Waals surface area contributed by atoms with Crippen LogP contribution in [-0.2, 0) is 20.9 Å². The lowest BCUT2D eigenvalue weighted by Gasteiger charge is -2.15. The molecule has 0 saturated carbocycles. The van der Waals surface area contributed by atoms with Gasteiger partial charge in [-0.2, -0.15) is 0 Å². The topological polar surface area (TPSA) is 104 Å². The minimum Gasteiger partial charge on any atom is -0.473 e. The van der Waals surface area contributed by atoms with E-state index in [9.17, 15) is 4.79 Å². The molecule has 0 aliphatic heterocycles. The highest BCUT2D eigenvalue weighted by Crippen LogP contribution is 2.33. The van der Waals surface area contributed by atoms with Crippen LogP contribution in [0.3, 0.4) is 0 Å². The number of benzene rings is 2. The van der Waals surface area contributed by atoms with Gasteiger partial charge in [-0.25, -0.2) is 14.4 Å². The van der Waals surface area contributed by atoms with Crippen LogP contribution in [0.4, 0.5) is 0 Å². The lowest BCUT2D eigenvalue weighted by Crippen LogP contribution is -2.11. The fraction of sp³-hybridized carbons (Fsp3) is 0.250. The maximum absolute atomic E-state index is 12.1. The van der Waals surface area contributed by atoms with Crippen LogP contribution in [0.15, 0.2) is 58.3 Å². The number of carboxylic acid groups (broad SMARTS) is 2. The number of carboxylic acids is 2. The van der Waals surface area contributed by atoms with Crippen LogP contribution in [0.2, 0.25) is 0 Å². The Labute approximate surface area is 167 Å². The highest BCUT2D eigenvalue weighted by molar-refractivity contribution is 7.99. The molecule has 2 aromatic carbocycles. The van der Waals surface area contributed by atoms with Crippen molar-refractivity contribution in [2.75, 3.05) is 20.7 Å². The number of hydrogen-bond donors (Lipinski definition) is 2. The van der Waals surface area contributed by atoms with Crippen molar-refractivity contribution in [3.8, 4) is 0 Å². The van der Waals surface area contributed by atoms with E-state index in [-0.39, 0.29) is 5.97 Å². The number of esters is 1. The number of hydrogen-bond acceptors (Lipinski definition) is 6. The van der Waals surface area contributed by atoms with Gasteiger partial charge in [0.05, 0.1) is 12.2 Å². The number of carbonyl (C=O) groups is 3. The van der Waals surface area contributed by atoms with Gasteiger partial charge in [-0.3, -0.25) is 0 Å². The third-order valence-corrected chi connectivity index (χ3v) is 4.44. The molecule has 0 aliphatic carbocycles. The molecular weight excluding hydrogens is 382 g/mol. The van der Waals surface area contributed by atoms with Crippen LogP contribution in [0.5, 0.6) is 0 Å². The van der Waals surface area contributed by atoms with Crippen molar-refractivity contribution in [2.24, 2.45) is 0 Å². The highest BCUT2D eigenvalue weighted by atomic mass is 32.2. The first-order valence-corrected chi connectivity index (χ1v) is 9.20. The van der Waals surface area contributed by atoms with E-state index in [1.54, 1.807) is 11.8 Å². The van der Waals surface area contributed by atoms with Crippen molar-refractivity contribution in [2.45, 2.75) is 23.3 Å². The monoisotopic (exact) mass is 405 g/mol. The molecule has 0 fully saturated rings. The van der Waals surface area contributed by atoms with Gasteiger partial charge in [0.15, 0.2) is 0 Å². The summed E-state index contributed by atoms with van der Waals surface area (Å²) in [4.78, 5) is 34.5. The quantitative estimate of drug-likeness (QED) is 0.558. The number of rotatable bonds is 6. The number of carbonyl (C=O) groups excluding carboxylic acids is 1. The molecule has 28 heavy (non-hydrogen) atoms. The Kier molecular flexibility index (Phi) is 9.76. The summed E-state index contributed by atoms with van der Waals surface area (Å²) >= 11 is 1.61. The summed E-state index contributed by atoms with van der Waals surface area (Å²) in [6, 6.07) is 15.9. The molecule has 0 saturated heterocycles. The van der Waals surface area contributed by atoms with Crippen LogP contribution in [0.1, 0.15) is 22.8 Å². The molecule has 0 bridgehead atoms. The molecule has 0 aliphatic rings. The standard InChI is InChI=1S/C18H21NO2S.C2H2O4/c1-4-21-18(20)15-10-6-8-12-17(15)22-16-11-7-5-9-14(16)13-19(2)3;3-1(4)2(5)6/h5-12H,4,13H2,1-3H3;(H,3,4)(H,5,6). The Morgan fingerprint density at radius 2 is 1.46 bits per heavy atom. The van der Waals surface area contributed by atoms with E-state index >= 15 is 0 Å². The summed E-state index contributed by atoms with van der Waals surface area (Å²) in [5, 5.41) is 14.8. The summed E-state index contributed by atoms with van der Waals surface area (Å²) < 4.78 is 5.14. The number of nitrogens with zero attached hydrogens (tertiary/aromatic N) is 1. The molecule has 2 rings (SSSR count). The Morgan fingerprint density at radius 1 is 0.929 bits per heavy atom. The van der Waals surface area contributed by atoms with Crippen LogP contribution in [0, 0.1) is 0 Å². The molecule has 7 nitrogen and oxygen atoms in total. The normalized spacial score (nSPS) is 10.0. The van der Waals surface area contributed by atoms with Crippen molar-refractivity contribution in [1.82, 2.24) is 4.90 Å². The second-order valence-electron chi connectivity index (χ2n) is 5.77. The third-order valence-electron chi connectivity index (χ3n) is 3.24. The molecule has 0 spiro atoms. The van der Waals surface area contributed by atoms with E-state index in [0.717, 1.165) is 16.3 Å². The van der Waals surface area contributed by atoms with Gasteiger partial charge in [-0.05, 0) is 44.8 Å². The SMILES string of the molecule is CCOC(=O)c1ccccc1Sc1ccccc1CN(C)C.O=C(O)C(=O)O. The Bertz CT molecular complexity index is 810. The summed E-state index contributed by atoms with van der Waals surface area (Å²) in [5.41, 5.74) is 1.87. The number of aliphatic carboxylic acids is 2. The first kappa shape index (κ1) is 23.2. The molecule has 0 unspecified atom stereocenters. The Morgan fingerprint density at radius 3 is 2.00 bits per heavy atom. The molecule has 0 aromatic heterocycles. The van der Waals surface area contributed by atoms with E-state index in [1.165, 1.54) is 5.56 Å². The highest BCUT2D eigenvalue weighted by Gasteiger charge is 2.14. The minimum absolute atomic E-state index is 0.268. The lowest BCUT2D eigenvalue weighted by atomic mass is 10.2. The Hall–Kier alpha value is -2.84. The van der Waals surface area contributed by atoms with Gasteiger partial charge < -0.3 is 19.8 Å². The lowest BCUT2D eigenvalue weighted by molar-refractivity contribution is -0.159. The van der Waals surface area contributed by atoms with Gasteiger partial charge in [0.25, 0.3) is 0 Å². The maximum Gasteiger partial charge on any atom is 0.414 e. The molecule has 0 amide bonds. The average molecular weight is 405 g/mol. The van der Waals surface area contributed by atoms with Crippen LogP contribution < -0.4 is 0 Å². The predicted octanol–water partition coefficient (Wildman–Crippen LogP) is 3.23. The summed E-state index contributed by atoms with van der Waals surface area (Å²) in [7, 11) is 4.10. The fourth-order valence-corrected chi connectivity index (χ4v) is 3.18. The van der Waals surface area contributed by atoms with Crippen molar-refractivity contribution in [1.29, 1.82) is 0 Å². The van der Waals surface area contributed by atoms with Crippen molar-refractivity contribution >= 4 is 29.7 Å². The average Bonchev–Trinajstić information content (AvgIpc) is 2.64. The van der Waals surface area contributed by atoms with Gasteiger partial charge in [0.1, 0.15) is 0 Å². The van der Waals surface area contributed by atoms with E-state index in [2.05, 4.69) is 17.0 Å². The third kappa shape index (κ3) is 7.81. The smallest absolute Gasteiger partial charge is 0.414 e. The van der Waals surface area contributed by atoms with E-state index in [1.807, 2.05) is 57.4 Å². The van der Waals surface area contributed by atoms with E-state index < -0.39 is 11.9 Å². The zero-order chi connectivity index (χ0) is 21.1. The molecule has 0 atom stereocenters. The predicted molar refractivity (Wildman–Crippen MR) is 106 cm³/mol. The van der Waals surface area contributed by atoms with Crippen LogP contribution >= 0.6 is 11.8 Å². The first-order valence-electron chi connectivity index (χ1n) is 8.39. The summed E-state index contributed by atoms with van der Waals surface area (Å²) in [5.74, 6) is -3.92. The van der Waals surface area contributed by atoms with Crippen molar-refractivity contribution < 1.29 is 29.3 Å². The summed E-state index contributed by atoms with van der Waals surface area (Å²) in [6.45, 7) is 3.07. The number of ether oxygens (including phenoxy) is 1. The van der Waals surface area contributed by atoms with Crippen molar-refractivity contribution in [3.05, 3.63) is 59.7 Å². The maximum atomic E-state index is 12.1. The van der Waals surface area contributed by atoms with Crippen LogP contribution in [0.25, 0.3) is 0 Å². The fourth-order valence-electron chi connectivity index (χ4n) is 2.13. The molecular formula is C20H23NO6S. The van der Waals surface area contributed by atoms with Gasteiger partial charge in [-0.1, -0.05) is 42.1 Å². The zero-order valence-electron chi connectivity index (χ0n) is 15.9. The van der Waals surface area contributed by atoms with Gasteiger partial charge >= 0.3 is 17.9 Å². The minimum atomic E-state index is -1.82.